The molecule has 0 spiro atoms. The summed E-state index contributed by atoms with van der Waals surface area (Å²) in [6.45, 7) is 28.6. The molecule has 0 saturated carbocycles. The SMILES string of the molecule is CC.CCCC[C@@](C)(N)CCC(C)=O.CCCC[C@](C)(CCC(C)=O)Nc1nc(Cl)nc2cnccc12.CCCC[C@](C)(CCC(C)=O)Nc1nc(N)nc2cnccc12.CCCC[C@](C)(CCC(C)=O)Nc1nc(NCc2ccc(OC)cc2OC)nc2cnccc12.COc1ccc(CN)c(OC)c1.Cl.Clc1nc(Cl)c2ccncc2n1. The number of fused-ring (bicyclic) bond motifs is 4. The number of aromatic nitrogens is 12. The van der Waals surface area contributed by atoms with E-state index in [-0.39, 0.29) is 74.2 Å². The lowest BCUT2D eigenvalue weighted by Gasteiger charge is -2.32. The van der Waals surface area contributed by atoms with Gasteiger partial charge in [0.15, 0.2) is 0 Å². The molecule has 0 aliphatic heterocycles. The summed E-state index contributed by atoms with van der Waals surface area (Å²) in [6, 6.07) is 18.7. The topological polar surface area (TPSA) is 386 Å². The van der Waals surface area contributed by atoms with Crippen LogP contribution in [-0.2, 0) is 32.3 Å². The highest BCUT2D eigenvalue weighted by Crippen LogP contribution is 2.35. The van der Waals surface area contributed by atoms with Gasteiger partial charge < -0.3 is 76.6 Å². The molecule has 0 aliphatic carbocycles. The quantitative estimate of drug-likeness (QED) is 0.0140. The number of hydrogen-bond acceptors (Lipinski definition) is 27. The van der Waals surface area contributed by atoms with Crippen LogP contribution in [0.25, 0.3) is 43.6 Å². The van der Waals surface area contributed by atoms with Crippen molar-refractivity contribution in [3.63, 3.8) is 0 Å². The van der Waals surface area contributed by atoms with Crippen molar-refractivity contribution in [2.75, 3.05) is 55.4 Å². The zero-order chi connectivity index (χ0) is 87.4. The molecule has 10 rings (SSSR count). The van der Waals surface area contributed by atoms with E-state index in [1.54, 1.807) is 112 Å². The Labute approximate surface area is 724 Å². The van der Waals surface area contributed by atoms with Crippen LogP contribution in [-0.4, -0.2) is 134 Å². The molecule has 2 aromatic carbocycles. The molecule has 8 aromatic heterocycles. The van der Waals surface area contributed by atoms with Crippen LogP contribution in [0.2, 0.25) is 15.7 Å². The first-order valence-corrected chi connectivity index (χ1v) is 41.6. The number of pyridine rings is 4. The second kappa shape index (κ2) is 53.8. The first kappa shape index (κ1) is 104. The summed E-state index contributed by atoms with van der Waals surface area (Å²) in [6.07, 6.45) is 31.6. The van der Waals surface area contributed by atoms with Crippen molar-refractivity contribution >= 4 is 143 Å². The molecule has 10 aromatic rings. The maximum absolute atomic E-state index is 11.7. The molecule has 650 valence electrons. The number of carbonyl (C=O) groups is 4. The monoisotopic (exact) mass is 1720 g/mol. The lowest BCUT2D eigenvalue weighted by molar-refractivity contribution is -0.118. The first-order valence-electron chi connectivity index (χ1n) is 40.5. The Morgan fingerprint density at radius 3 is 1.18 bits per heavy atom. The molecule has 31 heteroatoms. The number of unbranched alkanes of at least 4 members (excludes halogenated alkanes) is 4. The number of nitrogens with two attached hydrogens (primary N) is 3. The Kier molecular flexibility index (Phi) is 46.8. The summed E-state index contributed by atoms with van der Waals surface area (Å²) < 4.78 is 20.9. The summed E-state index contributed by atoms with van der Waals surface area (Å²) in [5.41, 5.74) is 21.3. The summed E-state index contributed by atoms with van der Waals surface area (Å²) in [5, 5.41) is 18.1. The number of hydrogen-bond donors (Lipinski definition) is 7. The molecule has 0 aliphatic rings. The lowest BCUT2D eigenvalue weighted by atomic mass is 9.88. The summed E-state index contributed by atoms with van der Waals surface area (Å²) >= 11 is 17.4. The van der Waals surface area contributed by atoms with Crippen molar-refractivity contribution in [1.82, 2.24) is 59.8 Å². The standard InChI is InChI=1S/C26H35N5O3.C17H23ClN4O.C17H25N5O.C10H21NO.C9H13NO2.C7H3Cl2N3.C2H6.ClH/c1-6-7-12-26(3,13-10-18(2)32)31-24-21-11-14-27-17-22(21)29-25(30-24)28-16-19-8-9-20(33-4)15-23(19)34-5;2*1-4-5-8-17(3,9-6-12(2)23)22-15-13-7-10-19-11-14(13)20-16(18)21-15;1-4-5-7-10(3,11)8-6-9(2)12;1-11-8-4-3-7(6-10)9(5-8)12-2;8-6-4-1-2-10-3-5(4)11-7(9)12-6;1-2;/h8-9,11,14-15,17H,6-7,10,12-13,16H2,1-5H3,(H2,28,29,30,31);7,10-11H,4-6,8-9H2,1-3H3,(H,20,21,22);7,10-11H,4-6,8-9H2,1-3H3,(H3,18,20,21,22);4-8,11H2,1-3H3;3-5H,6,10H2,1-2H3;1-3H;1-2H3;1H/t26-;2*17-;10-;;;;/m1111..../s1. The van der Waals surface area contributed by atoms with E-state index in [1.165, 1.54) is 6.42 Å². The molecule has 10 N–H and O–H groups in total. The smallest absolute Gasteiger partial charge is 0.225 e. The van der Waals surface area contributed by atoms with Gasteiger partial charge in [0.2, 0.25) is 22.5 Å². The minimum absolute atomic E-state index is 0. The maximum atomic E-state index is 11.7. The van der Waals surface area contributed by atoms with Gasteiger partial charge in [-0.1, -0.05) is 111 Å². The van der Waals surface area contributed by atoms with Crippen LogP contribution in [0.3, 0.4) is 0 Å². The van der Waals surface area contributed by atoms with E-state index in [0.717, 1.165) is 163 Å². The number of ketones is 4. The van der Waals surface area contributed by atoms with E-state index < -0.39 is 0 Å². The van der Waals surface area contributed by atoms with Gasteiger partial charge in [-0.05, 0) is 172 Å². The Hall–Kier alpha value is -9.64. The Morgan fingerprint density at radius 1 is 0.429 bits per heavy atom. The van der Waals surface area contributed by atoms with E-state index in [0.29, 0.717) is 78.1 Å². The molecule has 0 unspecified atom stereocenters. The number of nitrogens with one attached hydrogen (secondary N) is 4. The molecular formula is C88H127Cl4N19O8. The van der Waals surface area contributed by atoms with Gasteiger partial charge in [-0.15, -0.1) is 12.4 Å². The van der Waals surface area contributed by atoms with Crippen molar-refractivity contribution in [1.29, 1.82) is 0 Å². The van der Waals surface area contributed by atoms with Crippen molar-refractivity contribution in [3.8, 4) is 23.0 Å². The van der Waals surface area contributed by atoms with Crippen molar-refractivity contribution < 1.29 is 38.1 Å². The second-order valence-electron chi connectivity index (χ2n) is 29.9. The van der Waals surface area contributed by atoms with Crippen LogP contribution in [0.5, 0.6) is 23.0 Å². The number of benzene rings is 2. The van der Waals surface area contributed by atoms with Crippen LogP contribution < -0.4 is 57.4 Å². The normalized spacial score (nSPS) is 12.6. The van der Waals surface area contributed by atoms with Gasteiger partial charge in [0.25, 0.3) is 0 Å². The minimum atomic E-state index is -0.261. The number of anilines is 5. The third-order valence-electron chi connectivity index (χ3n) is 19.3. The average molecular weight is 1720 g/mol. The third-order valence-corrected chi connectivity index (χ3v) is 19.9. The Morgan fingerprint density at radius 2 is 0.782 bits per heavy atom. The van der Waals surface area contributed by atoms with E-state index in [1.807, 2.05) is 75.4 Å². The van der Waals surface area contributed by atoms with Crippen LogP contribution in [0.15, 0.2) is 110 Å². The first-order chi connectivity index (χ1) is 56.3. The number of Topliss-reactive ketones (excluding diaryl/α,β-unsaturated/α-hetero) is 4. The molecule has 0 bridgehead atoms. The Bertz CT molecular complexity index is 4650. The Balaban J connectivity index is 0.000000384. The fourth-order valence-electron chi connectivity index (χ4n) is 12.2. The number of carbonyl (C=O) groups excluding carboxylic acids is 4. The van der Waals surface area contributed by atoms with E-state index in [4.69, 9.17) is 75.9 Å². The van der Waals surface area contributed by atoms with Crippen LogP contribution in [0, 0.1) is 0 Å². The molecule has 119 heavy (non-hydrogen) atoms. The summed E-state index contributed by atoms with van der Waals surface area (Å²) in [5.74, 6) is 6.69. The van der Waals surface area contributed by atoms with Gasteiger partial charge >= 0.3 is 0 Å². The van der Waals surface area contributed by atoms with E-state index >= 15 is 0 Å². The summed E-state index contributed by atoms with van der Waals surface area (Å²) in [7, 11) is 6.50. The minimum Gasteiger partial charge on any atom is -0.497 e. The van der Waals surface area contributed by atoms with E-state index in [2.05, 4.69) is 125 Å². The lowest BCUT2D eigenvalue weighted by Crippen LogP contribution is -2.36. The molecule has 0 radical (unpaired) electrons. The highest BCUT2D eigenvalue weighted by Gasteiger charge is 2.29. The van der Waals surface area contributed by atoms with Gasteiger partial charge in [0.05, 0.1) is 75.3 Å². The number of halogens is 4. The molecule has 27 nitrogen and oxygen atoms in total. The highest BCUT2D eigenvalue weighted by molar-refractivity contribution is 6.35. The van der Waals surface area contributed by atoms with Gasteiger partial charge in [-0.25, -0.2) is 29.9 Å². The van der Waals surface area contributed by atoms with Gasteiger partial charge in [-0.2, -0.15) is 9.97 Å². The van der Waals surface area contributed by atoms with Gasteiger partial charge in [-0.3, -0.25) is 19.9 Å². The molecule has 0 fully saturated rings. The molecule has 0 amide bonds. The molecular weight excluding hydrogens is 1590 g/mol. The zero-order valence-electron chi connectivity index (χ0n) is 72.9. The predicted molar refractivity (Wildman–Crippen MR) is 488 cm³/mol. The molecule has 0 saturated heterocycles. The van der Waals surface area contributed by atoms with Gasteiger partial charge in [0.1, 0.15) is 68.7 Å². The number of nitrogen functional groups attached to an aromatic ring is 1. The van der Waals surface area contributed by atoms with Crippen LogP contribution in [0.4, 0.5) is 29.4 Å². The fraction of sp³-hybridized carbons (Fsp3) is 0.500. The van der Waals surface area contributed by atoms with Crippen LogP contribution >= 0.6 is 47.2 Å². The third kappa shape index (κ3) is 36.9. The molecule has 4 atom stereocenters. The van der Waals surface area contributed by atoms with Crippen molar-refractivity contribution in [2.24, 2.45) is 11.5 Å². The second-order valence-corrected chi connectivity index (χ2v) is 30.9. The van der Waals surface area contributed by atoms with Crippen molar-refractivity contribution in [2.45, 2.75) is 261 Å². The predicted octanol–water partition coefficient (Wildman–Crippen LogP) is 20.3. The molecule has 8 heterocycles. The van der Waals surface area contributed by atoms with Gasteiger partial charge in [0, 0.05) is 131 Å². The number of nitrogens with zero attached hydrogens (tertiary/aromatic N) is 12. The fourth-order valence-corrected chi connectivity index (χ4v) is 12.9. The summed E-state index contributed by atoms with van der Waals surface area (Å²) in [4.78, 5) is 95.8. The van der Waals surface area contributed by atoms with Crippen molar-refractivity contribution in [3.05, 3.63) is 137 Å². The highest BCUT2D eigenvalue weighted by atomic mass is 35.5. The maximum Gasteiger partial charge on any atom is 0.225 e. The largest absolute Gasteiger partial charge is 0.497 e. The van der Waals surface area contributed by atoms with Crippen LogP contribution in [0.1, 0.15) is 236 Å². The zero-order valence-corrected chi connectivity index (χ0v) is 75.9. The number of rotatable bonds is 38. The average Bonchev–Trinajstić information content (AvgIpc) is 0.810. The van der Waals surface area contributed by atoms with E-state index in [9.17, 15) is 19.2 Å². The number of ether oxygens (including phenoxy) is 4. The number of methoxy groups -OCH3 is 4.